The van der Waals surface area contributed by atoms with Gasteiger partial charge in [0, 0.05) is 4.88 Å². The van der Waals surface area contributed by atoms with E-state index in [0.717, 1.165) is 9.78 Å². The summed E-state index contributed by atoms with van der Waals surface area (Å²) >= 11 is 1.39. The smallest absolute Gasteiger partial charge is 0.336 e. The average molecular weight is 328 g/mol. The number of barbiturate groups is 1. The Morgan fingerprint density at radius 1 is 1.13 bits per heavy atom. The van der Waals surface area contributed by atoms with Crippen molar-refractivity contribution in [3.05, 3.63) is 52.2 Å². The highest BCUT2D eigenvalue weighted by molar-refractivity contribution is 7.10. The Hall–Kier alpha value is -2.93. The summed E-state index contributed by atoms with van der Waals surface area (Å²) in [7, 11) is 1.44. The minimum Gasteiger partial charge on any atom is -0.495 e. The van der Waals surface area contributed by atoms with Crippen LogP contribution in [0.15, 0.2) is 47.4 Å². The van der Waals surface area contributed by atoms with E-state index < -0.39 is 17.8 Å². The van der Waals surface area contributed by atoms with Gasteiger partial charge in [0.25, 0.3) is 11.8 Å². The molecule has 2 heterocycles. The molecule has 0 radical (unpaired) electrons. The maximum atomic E-state index is 12.7. The maximum absolute atomic E-state index is 12.7. The Bertz CT molecular complexity index is 811. The van der Waals surface area contributed by atoms with Crippen LogP contribution in [0, 0.1) is 0 Å². The largest absolute Gasteiger partial charge is 0.495 e. The summed E-state index contributed by atoms with van der Waals surface area (Å²) in [5.74, 6) is -1.03. The average Bonchev–Trinajstić information content (AvgIpc) is 3.05. The number of thiophene rings is 1. The topological polar surface area (TPSA) is 75.7 Å². The van der Waals surface area contributed by atoms with Gasteiger partial charge in [-0.25, -0.2) is 9.69 Å². The third-order valence-electron chi connectivity index (χ3n) is 3.26. The summed E-state index contributed by atoms with van der Waals surface area (Å²) in [5, 5.41) is 4.01. The molecule has 4 amide bonds. The van der Waals surface area contributed by atoms with Gasteiger partial charge in [0.15, 0.2) is 0 Å². The normalized spacial score (nSPS) is 16.7. The molecule has 3 rings (SSSR count). The summed E-state index contributed by atoms with van der Waals surface area (Å²) in [6.45, 7) is 0. The van der Waals surface area contributed by atoms with Gasteiger partial charge in [0.1, 0.15) is 11.3 Å². The van der Waals surface area contributed by atoms with Gasteiger partial charge in [-0.15, -0.1) is 11.3 Å². The molecule has 0 saturated carbocycles. The minimum atomic E-state index is -0.798. The first-order valence-corrected chi connectivity index (χ1v) is 7.58. The van der Waals surface area contributed by atoms with E-state index in [2.05, 4.69) is 5.32 Å². The summed E-state index contributed by atoms with van der Waals surface area (Å²) in [4.78, 5) is 38.4. The van der Waals surface area contributed by atoms with Gasteiger partial charge in [-0.2, -0.15) is 0 Å². The molecular weight excluding hydrogens is 316 g/mol. The number of imide groups is 2. The molecule has 0 bridgehead atoms. The van der Waals surface area contributed by atoms with Gasteiger partial charge in [0.2, 0.25) is 0 Å². The quantitative estimate of drug-likeness (QED) is 0.693. The van der Waals surface area contributed by atoms with Crippen LogP contribution in [0.5, 0.6) is 5.75 Å². The number of nitrogens with one attached hydrogen (secondary N) is 1. The molecule has 116 valence electrons. The van der Waals surface area contributed by atoms with Gasteiger partial charge in [0.05, 0.1) is 12.8 Å². The summed E-state index contributed by atoms with van der Waals surface area (Å²) in [6.07, 6.45) is 1.47. The Labute approximate surface area is 136 Å². The first-order chi connectivity index (χ1) is 11.1. The van der Waals surface area contributed by atoms with Gasteiger partial charge in [-0.1, -0.05) is 18.2 Å². The summed E-state index contributed by atoms with van der Waals surface area (Å²) in [6, 6.07) is 9.41. The van der Waals surface area contributed by atoms with Crippen LogP contribution in [0.1, 0.15) is 4.88 Å². The Morgan fingerprint density at radius 2 is 1.91 bits per heavy atom. The van der Waals surface area contributed by atoms with Crippen LogP contribution in [-0.4, -0.2) is 25.0 Å². The predicted octanol–water partition coefficient (Wildman–Crippen LogP) is 2.42. The van der Waals surface area contributed by atoms with E-state index >= 15 is 0 Å². The van der Waals surface area contributed by atoms with Crippen molar-refractivity contribution in [3.8, 4) is 5.75 Å². The highest BCUT2D eigenvalue weighted by atomic mass is 32.1. The van der Waals surface area contributed by atoms with E-state index in [1.54, 1.807) is 30.3 Å². The van der Waals surface area contributed by atoms with Crippen molar-refractivity contribution in [2.75, 3.05) is 12.0 Å². The van der Waals surface area contributed by atoms with E-state index in [4.69, 9.17) is 4.74 Å². The molecule has 1 aromatic carbocycles. The minimum absolute atomic E-state index is 0.0991. The lowest BCUT2D eigenvalue weighted by atomic mass is 10.1. The number of carbonyl (C=O) groups is 3. The number of ether oxygens (including phenoxy) is 1. The second kappa shape index (κ2) is 6.05. The van der Waals surface area contributed by atoms with E-state index in [1.807, 2.05) is 11.4 Å². The lowest BCUT2D eigenvalue weighted by Crippen LogP contribution is -2.54. The number of urea groups is 1. The molecule has 0 spiro atoms. The van der Waals surface area contributed by atoms with Crippen LogP contribution in [0.2, 0.25) is 0 Å². The zero-order valence-corrected chi connectivity index (χ0v) is 12.9. The number of hydrogen-bond donors (Lipinski definition) is 1. The predicted molar refractivity (Wildman–Crippen MR) is 86.3 cm³/mol. The molecule has 6 nitrogen and oxygen atoms in total. The van der Waals surface area contributed by atoms with Crippen molar-refractivity contribution < 1.29 is 19.1 Å². The number of nitrogens with zero attached hydrogens (tertiary/aromatic N) is 1. The fraction of sp³-hybridized carbons (Fsp3) is 0.0625. The van der Waals surface area contributed by atoms with Crippen LogP contribution < -0.4 is 15.0 Å². The number of anilines is 1. The highest BCUT2D eigenvalue weighted by Gasteiger charge is 2.38. The Morgan fingerprint density at radius 3 is 2.61 bits per heavy atom. The van der Waals surface area contributed by atoms with Gasteiger partial charge in [-0.3, -0.25) is 14.9 Å². The maximum Gasteiger partial charge on any atom is 0.336 e. The standard InChI is InChI=1S/C16H12N2O4S/c1-22-13-7-3-2-6-12(13)18-15(20)11(14(19)17-16(18)21)9-10-5-4-8-23-10/h2-9H,1H3,(H,17,19,21). The number of amides is 4. The number of carbonyl (C=O) groups excluding carboxylic acids is 3. The third kappa shape index (κ3) is 2.74. The zero-order chi connectivity index (χ0) is 16.4. The molecule has 2 aromatic rings. The van der Waals surface area contributed by atoms with Crippen LogP contribution in [0.3, 0.4) is 0 Å². The molecule has 1 N–H and O–H groups in total. The number of rotatable bonds is 3. The number of benzene rings is 1. The molecule has 1 aromatic heterocycles. The second-order valence-electron chi connectivity index (χ2n) is 4.65. The molecule has 0 aliphatic carbocycles. The van der Waals surface area contributed by atoms with E-state index in [9.17, 15) is 14.4 Å². The molecular formula is C16H12N2O4S. The first-order valence-electron chi connectivity index (χ1n) is 6.70. The van der Waals surface area contributed by atoms with E-state index in [-0.39, 0.29) is 11.3 Å². The van der Waals surface area contributed by atoms with Gasteiger partial charge >= 0.3 is 6.03 Å². The van der Waals surface area contributed by atoms with Gasteiger partial charge < -0.3 is 4.74 Å². The van der Waals surface area contributed by atoms with Crippen molar-refractivity contribution in [2.45, 2.75) is 0 Å². The molecule has 23 heavy (non-hydrogen) atoms. The lowest BCUT2D eigenvalue weighted by molar-refractivity contribution is -0.122. The summed E-state index contributed by atoms with van der Waals surface area (Å²) in [5.41, 5.74) is 0.181. The van der Waals surface area contributed by atoms with Gasteiger partial charge in [-0.05, 0) is 29.7 Å². The SMILES string of the molecule is COc1ccccc1N1C(=O)NC(=O)C(=Cc2cccs2)C1=O. The van der Waals surface area contributed by atoms with Crippen LogP contribution in [0.25, 0.3) is 6.08 Å². The lowest BCUT2D eigenvalue weighted by Gasteiger charge is -2.27. The van der Waals surface area contributed by atoms with Crippen molar-refractivity contribution >= 4 is 40.9 Å². The fourth-order valence-corrected chi connectivity index (χ4v) is 2.86. The molecule has 0 atom stereocenters. The third-order valence-corrected chi connectivity index (χ3v) is 4.08. The molecule has 1 saturated heterocycles. The number of hydrogen-bond acceptors (Lipinski definition) is 5. The zero-order valence-electron chi connectivity index (χ0n) is 12.1. The molecule has 1 fully saturated rings. The monoisotopic (exact) mass is 328 g/mol. The van der Waals surface area contributed by atoms with E-state index in [0.29, 0.717) is 5.75 Å². The molecule has 1 aliphatic rings. The van der Waals surface area contributed by atoms with Crippen LogP contribution in [0.4, 0.5) is 10.5 Å². The number of methoxy groups -OCH3 is 1. The van der Waals surface area contributed by atoms with Crippen molar-refractivity contribution in [1.82, 2.24) is 5.32 Å². The fourth-order valence-electron chi connectivity index (χ4n) is 2.21. The molecule has 0 unspecified atom stereocenters. The van der Waals surface area contributed by atoms with E-state index in [1.165, 1.54) is 24.5 Å². The Kier molecular flexibility index (Phi) is 3.94. The molecule has 1 aliphatic heterocycles. The highest BCUT2D eigenvalue weighted by Crippen LogP contribution is 2.30. The summed E-state index contributed by atoms with van der Waals surface area (Å²) < 4.78 is 5.19. The van der Waals surface area contributed by atoms with Crippen molar-refractivity contribution in [1.29, 1.82) is 0 Å². The molecule has 7 heteroatoms. The second-order valence-corrected chi connectivity index (χ2v) is 5.62. The Balaban J connectivity index is 2.05. The first kappa shape index (κ1) is 15.0. The van der Waals surface area contributed by atoms with Crippen LogP contribution >= 0.6 is 11.3 Å². The van der Waals surface area contributed by atoms with Crippen LogP contribution in [-0.2, 0) is 9.59 Å². The van der Waals surface area contributed by atoms with Crippen molar-refractivity contribution in [2.24, 2.45) is 0 Å². The van der Waals surface area contributed by atoms with Crippen molar-refractivity contribution in [3.63, 3.8) is 0 Å². The number of para-hydroxylation sites is 2.